The first-order chi connectivity index (χ1) is 15.0. The molecule has 2 aromatic rings. The molecular formula is C23H26N2O5S. The standard InChI is InChI=1S/C23H26N2O5S/c1-17-25(20-5-2-3-6-21(20)30-17)13-4-14-29-18-7-9-19(10-8-18)31(27)23(22(24)26)11-15-28-16-12-23/h2-3,5-10H,1,4,11-16H2,(H2,24,26). The van der Waals surface area contributed by atoms with Crippen LogP contribution in [0.4, 0.5) is 5.69 Å². The largest absolute Gasteiger partial charge is 0.494 e. The molecule has 4 rings (SSSR count). The van der Waals surface area contributed by atoms with Gasteiger partial charge in [0.2, 0.25) is 5.91 Å². The van der Waals surface area contributed by atoms with Gasteiger partial charge in [0, 0.05) is 24.7 Å². The highest BCUT2D eigenvalue weighted by molar-refractivity contribution is 7.87. The first-order valence-corrected chi connectivity index (χ1v) is 11.4. The number of fused-ring (bicyclic) bond motifs is 1. The molecule has 2 aliphatic rings. The normalized spacial score (nSPS) is 18.2. The molecule has 2 heterocycles. The third-order valence-corrected chi connectivity index (χ3v) is 7.64. The Morgan fingerprint density at radius 2 is 1.87 bits per heavy atom. The van der Waals surface area contributed by atoms with E-state index in [4.69, 9.17) is 19.9 Å². The second-order valence-corrected chi connectivity index (χ2v) is 9.32. The first-order valence-electron chi connectivity index (χ1n) is 10.3. The number of hydrogen-bond acceptors (Lipinski definition) is 6. The maximum absolute atomic E-state index is 13.1. The van der Waals surface area contributed by atoms with Gasteiger partial charge in [0.25, 0.3) is 0 Å². The molecule has 7 nitrogen and oxygen atoms in total. The summed E-state index contributed by atoms with van der Waals surface area (Å²) in [6.45, 7) is 5.96. The highest BCUT2D eigenvalue weighted by Crippen LogP contribution is 2.38. The van der Waals surface area contributed by atoms with Crippen LogP contribution in [0.1, 0.15) is 19.3 Å². The number of benzene rings is 2. The highest BCUT2D eigenvalue weighted by Gasteiger charge is 2.45. The van der Waals surface area contributed by atoms with Crippen LogP contribution in [0.25, 0.3) is 0 Å². The molecular weight excluding hydrogens is 416 g/mol. The Labute approximate surface area is 184 Å². The maximum Gasteiger partial charge on any atom is 0.236 e. The Bertz CT molecular complexity index is 986. The number of nitrogens with two attached hydrogens (primary N) is 1. The van der Waals surface area contributed by atoms with Crippen LogP contribution >= 0.6 is 0 Å². The van der Waals surface area contributed by atoms with E-state index in [1.54, 1.807) is 24.3 Å². The molecule has 1 amide bonds. The summed E-state index contributed by atoms with van der Waals surface area (Å²) in [7, 11) is -1.54. The van der Waals surface area contributed by atoms with Crippen LogP contribution in [-0.4, -0.2) is 41.2 Å². The summed E-state index contributed by atoms with van der Waals surface area (Å²) in [5, 5.41) is 0. The van der Waals surface area contributed by atoms with Crippen molar-refractivity contribution in [2.24, 2.45) is 5.73 Å². The van der Waals surface area contributed by atoms with Crippen LogP contribution in [0.5, 0.6) is 11.5 Å². The molecule has 31 heavy (non-hydrogen) atoms. The fraction of sp³-hybridized carbons (Fsp3) is 0.348. The fourth-order valence-corrected chi connectivity index (χ4v) is 5.40. The van der Waals surface area contributed by atoms with E-state index in [2.05, 4.69) is 6.58 Å². The van der Waals surface area contributed by atoms with Crippen LogP contribution in [0.2, 0.25) is 0 Å². The molecule has 1 unspecified atom stereocenters. The summed E-state index contributed by atoms with van der Waals surface area (Å²) in [6, 6.07) is 14.8. The van der Waals surface area contributed by atoms with E-state index < -0.39 is 21.5 Å². The lowest BCUT2D eigenvalue weighted by Crippen LogP contribution is -2.51. The van der Waals surface area contributed by atoms with Crippen molar-refractivity contribution in [1.82, 2.24) is 0 Å². The van der Waals surface area contributed by atoms with Gasteiger partial charge >= 0.3 is 0 Å². The van der Waals surface area contributed by atoms with Crippen molar-refractivity contribution in [3.05, 3.63) is 61.0 Å². The number of para-hydroxylation sites is 2. The second kappa shape index (κ2) is 9.11. The molecule has 0 radical (unpaired) electrons. The van der Waals surface area contributed by atoms with Crippen LogP contribution in [0, 0.1) is 0 Å². The van der Waals surface area contributed by atoms with Gasteiger partial charge in [0.15, 0.2) is 11.6 Å². The van der Waals surface area contributed by atoms with Gasteiger partial charge in [-0.3, -0.25) is 9.00 Å². The molecule has 164 valence electrons. The van der Waals surface area contributed by atoms with Crippen molar-refractivity contribution in [2.45, 2.75) is 28.9 Å². The van der Waals surface area contributed by atoms with Gasteiger partial charge in [-0.1, -0.05) is 12.1 Å². The molecule has 0 bridgehead atoms. The van der Waals surface area contributed by atoms with Crippen LogP contribution in [-0.2, 0) is 20.3 Å². The SMILES string of the molecule is C=C1Oc2ccccc2N1CCCOc1ccc(S(=O)C2(C(N)=O)CCOCC2)cc1. The van der Waals surface area contributed by atoms with Gasteiger partial charge in [-0.2, -0.15) is 0 Å². The van der Waals surface area contributed by atoms with E-state index in [-0.39, 0.29) is 0 Å². The summed E-state index contributed by atoms with van der Waals surface area (Å²) in [5.41, 5.74) is 6.62. The first kappa shape index (κ1) is 21.4. The maximum atomic E-state index is 13.1. The molecule has 1 fully saturated rings. The van der Waals surface area contributed by atoms with E-state index in [1.807, 2.05) is 29.2 Å². The molecule has 0 spiro atoms. The van der Waals surface area contributed by atoms with Gasteiger partial charge in [0.05, 0.1) is 23.1 Å². The quantitative estimate of drug-likeness (QED) is 0.632. The number of hydrogen-bond donors (Lipinski definition) is 1. The number of amides is 1. The van der Waals surface area contributed by atoms with Gasteiger partial charge in [-0.05, 0) is 62.2 Å². The molecule has 8 heteroatoms. The monoisotopic (exact) mass is 442 g/mol. The van der Waals surface area contributed by atoms with Gasteiger partial charge in [-0.15, -0.1) is 0 Å². The Balaban J connectivity index is 1.32. The van der Waals surface area contributed by atoms with E-state index in [1.165, 1.54) is 0 Å². The van der Waals surface area contributed by atoms with Crippen LogP contribution < -0.4 is 20.1 Å². The van der Waals surface area contributed by atoms with E-state index >= 15 is 0 Å². The third-order valence-electron chi connectivity index (χ3n) is 5.62. The smallest absolute Gasteiger partial charge is 0.236 e. The number of carbonyl (C=O) groups is 1. The number of nitrogens with zero attached hydrogens (tertiary/aromatic N) is 1. The molecule has 2 aliphatic heterocycles. The van der Waals surface area contributed by atoms with Gasteiger partial charge in [-0.25, -0.2) is 0 Å². The molecule has 0 saturated carbocycles. The number of ether oxygens (including phenoxy) is 3. The lowest BCUT2D eigenvalue weighted by molar-refractivity contribution is -0.122. The molecule has 0 aliphatic carbocycles. The second-order valence-electron chi connectivity index (χ2n) is 7.53. The van der Waals surface area contributed by atoms with Gasteiger partial charge < -0.3 is 24.8 Å². The summed E-state index contributed by atoms with van der Waals surface area (Å²) in [5.74, 6) is 1.57. The van der Waals surface area contributed by atoms with E-state index in [9.17, 15) is 9.00 Å². The summed E-state index contributed by atoms with van der Waals surface area (Å²) in [6.07, 6.45) is 1.50. The minimum atomic E-state index is -1.54. The fourth-order valence-electron chi connectivity index (χ4n) is 3.85. The Hall–Kier alpha value is -2.84. The van der Waals surface area contributed by atoms with Crippen LogP contribution in [0.15, 0.2) is 65.9 Å². The van der Waals surface area contributed by atoms with Crippen molar-refractivity contribution in [3.63, 3.8) is 0 Å². The van der Waals surface area contributed by atoms with Gasteiger partial charge in [0.1, 0.15) is 10.5 Å². The Kier molecular flexibility index (Phi) is 6.29. The number of rotatable bonds is 8. The zero-order valence-electron chi connectivity index (χ0n) is 17.2. The molecule has 1 atom stereocenters. The number of anilines is 1. The van der Waals surface area contributed by atoms with Crippen molar-refractivity contribution >= 4 is 22.4 Å². The lowest BCUT2D eigenvalue weighted by atomic mass is 9.98. The van der Waals surface area contributed by atoms with Crippen LogP contribution in [0.3, 0.4) is 0 Å². The predicted molar refractivity (Wildman–Crippen MR) is 118 cm³/mol. The minimum Gasteiger partial charge on any atom is -0.494 e. The summed E-state index contributed by atoms with van der Waals surface area (Å²) in [4.78, 5) is 14.7. The number of carbonyl (C=O) groups excluding carboxylic acids is 1. The van der Waals surface area contributed by atoms with E-state index in [0.717, 1.165) is 24.4 Å². The lowest BCUT2D eigenvalue weighted by Gasteiger charge is -2.33. The molecule has 2 aromatic carbocycles. The topological polar surface area (TPSA) is 91.1 Å². The highest BCUT2D eigenvalue weighted by atomic mass is 32.2. The van der Waals surface area contributed by atoms with Crippen molar-refractivity contribution in [3.8, 4) is 11.5 Å². The Morgan fingerprint density at radius 3 is 2.58 bits per heavy atom. The van der Waals surface area contributed by atoms with Crippen molar-refractivity contribution < 1.29 is 23.2 Å². The number of primary amides is 1. The average molecular weight is 443 g/mol. The third kappa shape index (κ3) is 4.31. The molecule has 2 N–H and O–H groups in total. The van der Waals surface area contributed by atoms with Crippen molar-refractivity contribution in [1.29, 1.82) is 0 Å². The molecule has 1 saturated heterocycles. The zero-order chi connectivity index (χ0) is 21.8. The summed E-state index contributed by atoms with van der Waals surface area (Å²) < 4.78 is 28.8. The zero-order valence-corrected chi connectivity index (χ0v) is 18.1. The van der Waals surface area contributed by atoms with E-state index in [0.29, 0.717) is 49.2 Å². The summed E-state index contributed by atoms with van der Waals surface area (Å²) >= 11 is 0. The predicted octanol–water partition coefficient (Wildman–Crippen LogP) is 2.97. The van der Waals surface area contributed by atoms with Crippen molar-refractivity contribution in [2.75, 3.05) is 31.3 Å². The molecule has 0 aromatic heterocycles. The minimum absolute atomic E-state index is 0.363. The Morgan fingerprint density at radius 1 is 1.16 bits per heavy atom. The average Bonchev–Trinajstić information content (AvgIpc) is 3.12.